The van der Waals surface area contributed by atoms with E-state index in [0.717, 1.165) is 12.0 Å². The first-order valence-corrected chi connectivity index (χ1v) is 6.13. The van der Waals surface area contributed by atoms with Crippen molar-refractivity contribution in [3.05, 3.63) is 0 Å². The molecule has 1 rings (SSSR count). The summed E-state index contributed by atoms with van der Waals surface area (Å²) in [6, 6.07) is 0.756. The average molecular weight is 198 g/mol. The van der Waals surface area contributed by atoms with Crippen LogP contribution in [0.5, 0.6) is 0 Å². The van der Waals surface area contributed by atoms with Crippen LogP contribution in [0.4, 0.5) is 0 Å². The van der Waals surface area contributed by atoms with Crippen LogP contribution in [-0.4, -0.2) is 38.1 Å². The van der Waals surface area contributed by atoms with E-state index in [2.05, 4.69) is 31.2 Å². The standard InChI is InChI=1S/C12H26N2/c1-4-14(3)10-11-8-6-5-7-9-12(11)13-2/h11-13H,4-10H2,1-3H3. The zero-order valence-electron chi connectivity index (χ0n) is 10.1. The summed E-state index contributed by atoms with van der Waals surface area (Å²) in [5.74, 6) is 0.868. The summed E-state index contributed by atoms with van der Waals surface area (Å²) in [5, 5.41) is 3.50. The highest BCUT2D eigenvalue weighted by Gasteiger charge is 2.22. The smallest absolute Gasteiger partial charge is 0.0104 e. The maximum absolute atomic E-state index is 3.50. The van der Waals surface area contributed by atoms with Crippen LogP contribution in [0.15, 0.2) is 0 Å². The van der Waals surface area contributed by atoms with Gasteiger partial charge in [-0.15, -0.1) is 0 Å². The molecule has 0 bridgehead atoms. The number of hydrogen-bond acceptors (Lipinski definition) is 2. The molecule has 0 saturated heterocycles. The second-order valence-electron chi connectivity index (χ2n) is 4.65. The van der Waals surface area contributed by atoms with Gasteiger partial charge in [0.1, 0.15) is 0 Å². The quantitative estimate of drug-likeness (QED) is 0.696. The first kappa shape index (κ1) is 12.0. The Kier molecular flexibility index (Phi) is 5.49. The minimum Gasteiger partial charge on any atom is -0.317 e. The van der Waals surface area contributed by atoms with E-state index in [1.807, 2.05) is 0 Å². The summed E-state index contributed by atoms with van der Waals surface area (Å²) in [4.78, 5) is 2.44. The Bertz CT molecular complexity index is 147. The molecule has 1 saturated carbocycles. The van der Waals surface area contributed by atoms with Gasteiger partial charge >= 0.3 is 0 Å². The summed E-state index contributed by atoms with van der Waals surface area (Å²) >= 11 is 0. The largest absolute Gasteiger partial charge is 0.317 e. The van der Waals surface area contributed by atoms with Gasteiger partial charge in [-0.2, -0.15) is 0 Å². The van der Waals surface area contributed by atoms with E-state index in [0.29, 0.717) is 0 Å². The Morgan fingerprint density at radius 1 is 1.21 bits per heavy atom. The molecule has 0 aliphatic heterocycles. The van der Waals surface area contributed by atoms with Crippen LogP contribution >= 0.6 is 0 Å². The van der Waals surface area contributed by atoms with Crippen LogP contribution in [0, 0.1) is 5.92 Å². The van der Waals surface area contributed by atoms with Gasteiger partial charge in [0.05, 0.1) is 0 Å². The highest BCUT2D eigenvalue weighted by molar-refractivity contribution is 4.80. The summed E-state index contributed by atoms with van der Waals surface area (Å²) < 4.78 is 0. The lowest BCUT2D eigenvalue weighted by molar-refractivity contribution is 0.236. The van der Waals surface area contributed by atoms with Crippen LogP contribution in [0.3, 0.4) is 0 Å². The Morgan fingerprint density at radius 2 is 1.93 bits per heavy atom. The number of hydrogen-bond donors (Lipinski definition) is 1. The van der Waals surface area contributed by atoms with Crippen molar-refractivity contribution < 1.29 is 0 Å². The number of nitrogens with zero attached hydrogens (tertiary/aromatic N) is 1. The Morgan fingerprint density at radius 3 is 2.57 bits per heavy atom. The monoisotopic (exact) mass is 198 g/mol. The maximum Gasteiger partial charge on any atom is 0.0104 e. The SMILES string of the molecule is CCN(C)CC1CCCCCC1NC. The Balaban J connectivity index is 2.43. The third kappa shape index (κ3) is 3.58. The fourth-order valence-electron chi connectivity index (χ4n) is 2.51. The average Bonchev–Trinajstić information content (AvgIpc) is 2.42. The van der Waals surface area contributed by atoms with Crippen LogP contribution in [-0.2, 0) is 0 Å². The third-order valence-corrected chi connectivity index (χ3v) is 3.62. The second-order valence-corrected chi connectivity index (χ2v) is 4.65. The van der Waals surface area contributed by atoms with Gasteiger partial charge < -0.3 is 10.2 Å². The molecule has 2 unspecified atom stereocenters. The van der Waals surface area contributed by atoms with Gasteiger partial charge in [0.25, 0.3) is 0 Å². The molecule has 2 nitrogen and oxygen atoms in total. The van der Waals surface area contributed by atoms with Crippen molar-refractivity contribution in [1.82, 2.24) is 10.2 Å². The van der Waals surface area contributed by atoms with Gasteiger partial charge in [0.15, 0.2) is 0 Å². The van der Waals surface area contributed by atoms with Gasteiger partial charge in [-0.25, -0.2) is 0 Å². The van der Waals surface area contributed by atoms with E-state index >= 15 is 0 Å². The number of nitrogens with one attached hydrogen (secondary N) is 1. The van der Waals surface area contributed by atoms with E-state index < -0.39 is 0 Å². The molecule has 0 aromatic carbocycles. The first-order chi connectivity index (χ1) is 6.77. The van der Waals surface area contributed by atoms with E-state index in [4.69, 9.17) is 0 Å². The lowest BCUT2D eigenvalue weighted by Gasteiger charge is -2.28. The molecule has 0 spiro atoms. The molecule has 1 fully saturated rings. The van der Waals surface area contributed by atoms with Crippen molar-refractivity contribution >= 4 is 0 Å². The molecule has 84 valence electrons. The maximum atomic E-state index is 3.50. The van der Waals surface area contributed by atoms with E-state index in [9.17, 15) is 0 Å². The van der Waals surface area contributed by atoms with Crippen molar-refractivity contribution in [2.45, 2.75) is 45.1 Å². The molecule has 0 aromatic heterocycles. The van der Waals surface area contributed by atoms with Gasteiger partial charge in [0, 0.05) is 12.6 Å². The lowest BCUT2D eigenvalue weighted by Crippen LogP contribution is -2.39. The van der Waals surface area contributed by atoms with Crippen molar-refractivity contribution in [2.75, 3.05) is 27.2 Å². The Labute approximate surface area is 89.1 Å². The van der Waals surface area contributed by atoms with Crippen molar-refractivity contribution in [3.8, 4) is 0 Å². The Hall–Kier alpha value is -0.0800. The molecule has 0 aromatic rings. The summed E-state index contributed by atoms with van der Waals surface area (Å²) in [6.45, 7) is 4.68. The highest BCUT2D eigenvalue weighted by Crippen LogP contribution is 2.23. The first-order valence-electron chi connectivity index (χ1n) is 6.13. The van der Waals surface area contributed by atoms with E-state index in [1.54, 1.807) is 0 Å². The van der Waals surface area contributed by atoms with E-state index in [-0.39, 0.29) is 0 Å². The summed E-state index contributed by atoms with van der Waals surface area (Å²) in [7, 11) is 4.35. The molecule has 1 aliphatic rings. The van der Waals surface area contributed by atoms with Crippen molar-refractivity contribution in [2.24, 2.45) is 5.92 Å². The van der Waals surface area contributed by atoms with Crippen LogP contribution in [0.1, 0.15) is 39.0 Å². The fourth-order valence-corrected chi connectivity index (χ4v) is 2.51. The van der Waals surface area contributed by atoms with E-state index in [1.165, 1.54) is 45.2 Å². The van der Waals surface area contributed by atoms with Gasteiger partial charge in [-0.3, -0.25) is 0 Å². The molecular formula is C12H26N2. The van der Waals surface area contributed by atoms with Gasteiger partial charge in [-0.05, 0) is 39.4 Å². The minimum absolute atomic E-state index is 0.756. The zero-order chi connectivity index (χ0) is 10.4. The zero-order valence-corrected chi connectivity index (χ0v) is 10.1. The molecule has 1 N–H and O–H groups in total. The van der Waals surface area contributed by atoms with Gasteiger partial charge in [-0.1, -0.05) is 26.2 Å². The van der Waals surface area contributed by atoms with Gasteiger partial charge in [0.2, 0.25) is 0 Å². The van der Waals surface area contributed by atoms with Crippen molar-refractivity contribution in [1.29, 1.82) is 0 Å². The molecule has 2 heteroatoms. The minimum atomic E-state index is 0.756. The van der Waals surface area contributed by atoms with Crippen molar-refractivity contribution in [3.63, 3.8) is 0 Å². The second kappa shape index (κ2) is 6.41. The summed E-state index contributed by atoms with van der Waals surface area (Å²) in [5.41, 5.74) is 0. The van der Waals surface area contributed by atoms with Crippen LogP contribution in [0.25, 0.3) is 0 Å². The molecule has 0 heterocycles. The number of rotatable bonds is 4. The third-order valence-electron chi connectivity index (χ3n) is 3.62. The molecule has 14 heavy (non-hydrogen) atoms. The predicted molar refractivity (Wildman–Crippen MR) is 62.6 cm³/mol. The topological polar surface area (TPSA) is 15.3 Å². The molecule has 2 atom stereocenters. The van der Waals surface area contributed by atoms with Crippen LogP contribution < -0.4 is 5.32 Å². The highest BCUT2D eigenvalue weighted by atomic mass is 15.1. The lowest BCUT2D eigenvalue weighted by atomic mass is 9.94. The fraction of sp³-hybridized carbons (Fsp3) is 1.00. The predicted octanol–water partition coefficient (Wildman–Crippen LogP) is 2.11. The molecule has 0 radical (unpaired) electrons. The molecular weight excluding hydrogens is 172 g/mol. The summed E-state index contributed by atoms with van der Waals surface area (Å²) in [6.07, 6.45) is 7.07. The normalized spacial score (nSPS) is 29.1. The molecule has 0 amide bonds. The van der Waals surface area contributed by atoms with Crippen LogP contribution in [0.2, 0.25) is 0 Å². The molecule has 1 aliphatic carbocycles.